The molecule has 0 aliphatic heterocycles. The third kappa shape index (κ3) is 6.99. The van der Waals surface area contributed by atoms with Gasteiger partial charge < -0.3 is 13.6 Å². The van der Waals surface area contributed by atoms with Crippen LogP contribution in [0.4, 0.5) is 0 Å². The van der Waals surface area contributed by atoms with Crippen molar-refractivity contribution in [1.29, 1.82) is 0 Å². The Morgan fingerprint density at radius 2 is 0.667 bits per heavy atom. The lowest BCUT2D eigenvalue weighted by molar-refractivity contribution is 0.673. The minimum absolute atomic E-state index is 0.566. The molecule has 75 heavy (non-hydrogen) atoms. The molecule has 0 spiro atoms. The van der Waals surface area contributed by atoms with Crippen LogP contribution in [0, 0.1) is 0 Å². The smallest absolute Gasteiger partial charge is 0.166 e. The van der Waals surface area contributed by atoms with Crippen molar-refractivity contribution in [2.45, 2.75) is 0 Å². The Morgan fingerprint density at radius 1 is 0.267 bits per heavy atom. The molecule has 0 radical (unpaired) electrons. The molecule has 0 aliphatic carbocycles. The molecule has 0 aliphatic rings. The molecule has 0 unspecified atom stereocenters. The summed E-state index contributed by atoms with van der Waals surface area (Å²) < 4.78 is 12.2. The molecule has 0 fully saturated rings. The summed E-state index contributed by atoms with van der Waals surface area (Å²) in [7, 11) is 0. The van der Waals surface area contributed by atoms with Crippen LogP contribution in [0.5, 0.6) is 0 Å². The van der Waals surface area contributed by atoms with E-state index in [1.165, 1.54) is 10.9 Å². The first-order valence-electron chi connectivity index (χ1n) is 25.3. The van der Waals surface area contributed by atoms with Gasteiger partial charge in [-0.1, -0.05) is 212 Å². The van der Waals surface area contributed by atoms with Gasteiger partial charge in [0, 0.05) is 54.7 Å². The zero-order chi connectivity index (χ0) is 49.4. The molecular weight excluding hydrogens is 915 g/mol. The molecular formula is C69H43N5O. The van der Waals surface area contributed by atoms with E-state index in [1.807, 2.05) is 12.1 Å². The molecule has 6 heteroatoms. The summed E-state index contributed by atoms with van der Waals surface area (Å²) in [5.41, 5.74) is 17.3. The van der Waals surface area contributed by atoms with Crippen molar-refractivity contribution in [1.82, 2.24) is 24.1 Å². The van der Waals surface area contributed by atoms with Crippen molar-refractivity contribution >= 4 is 65.6 Å². The van der Waals surface area contributed by atoms with Gasteiger partial charge in [-0.05, 0) is 81.9 Å². The first kappa shape index (κ1) is 42.5. The van der Waals surface area contributed by atoms with Crippen LogP contribution in [0.3, 0.4) is 0 Å². The van der Waals surface area contributed by atoms with Gasteiger partial charge in [0.05, 0.1) is 27.8 Å². The van der Waals surface area contributed by atoms with E-state index in [2.05, 4.69) is 258 Å². The molecule has 15 rings (SSSR count). The molecule has 15 aromatic rings. The van der Waals surface area contributed by atoms with Gasteiger partial charge in [0.15, 0.2) is 28.6 Å². The summed E-state index contributed by atoms with van der Waals surface area (Å²) in [5, 5.41) is 6.61. The highest BCUT2D eigenvalue weighted by atomic mass is 16.3. The average molecular weight is 958 g/mol. The van der Waals surface area contributed by atoms with E-state index < -0.39 is 0 Å². The number of benzene rings is 11. The van der Waals surface area contributed by atoms with Gasteiger partial charge in [-0.3, -0.25) is 0 Å². The monoisotopic (exact) mass is 957 g/mol. The SMILES string of the molecule is c1ccc(-c2ccc(-c3nc(-c4ccc(-c5ccccc5)cc4)nc(-c4ccccc4-n4c5ccccc5c5ccc6c7ccc8c9ccccc9n(-c9cccc(-c%10ccccc%10)c9)c8c7oc6c54)n3)cc2)cc1. The Labute approximate surface area is 431 Å². The van der Waals surface area contributed by atoms with Gasteiger partial charge in [-0.2, -0.15) is 0 Å². The molecule has 0 saturated heterocycles. The highest BCUT2D eigenvalue weighted by Crippen LogP contribution is 2.45. The van der Waals surface area contributed by atoms with Crippen LogP contribution in [0.15, 0.2) is 265 Å². The van der Waals surface area contributed by atoms with E-state index in [1.54, 1.807) is 0 Å². The van der Waals surface area contributed by atoms with Gasteiger partial charge in [0.2, 0.25) is 0 Å². The number of para-hydroxylation sites is 3. The number of rotatable bonds is 8. The van der Waals surface area contributed by atoms with Gasteiger partial charge >= 0.3 is 0 Å². The molecule has 0 amide bonds. The fourth-order valence-electron chi connectivity index (χ4n) is 11.3. The van der Waals surface area contributed by atoms with Gasteiger partial charge in [-0.15, -0.1) is 0 Å². The maximum atomic E-state index is 7.48. The zero-order valence-electron chi connectivity index (χ0n) is 40.5. The van der Waals surface area contributed by atoms with Crippen LogP contribution >= 0.6 is 0 Å². The molecule has 0 N–H and O–H groups in total. The lowest BCUT2D eigenvalue weighted by Gasteiger charge is -2.15. The van der Waals surface area contributed by atoms with Crippen LogP contribution in [-0.2, 0) is 0 Å². The summed E-state index contributed by atoms with van der Waals surface area (Å²) in [5.74, 6) is 1.75. The number of fused-ring (bicyclic) bond motifs is 11. The van der Waals surface area contributed by atoms with Crippen molar-refractivity contribution in [2.24, 2.45) is 0 Å². The fraction of sp³-hybridized carbons (Fsp3) is 0. The van der Waals surface area contributed by atoms with Crippen molar-refractivity contribution in [3.63, 3.8) is 0 Å². The van der Waals surface area contributed by atoms with Gasteiger partial charge in [0.25, 0.3) is 0 Å². The summed E-state index contributed by atoms with van der Waals surface area (Å²) in [4.78, 5) is 15.9. The second-order valence-corrected chi connectivity index (χ2v) is 19.1. The number of aromatic nitrogens is 5. The predicted octanol–water partition coefficient (Wildman–Crippen LogP) is 18.0. The highest BCUT2D eigenvalue weighted by Gasteiger charge is 2.25. The number of furan rings is 1. The van der Waals surface area contributed by atoms with E-state index in [0.717, 1.165) is 116 Å². The van der Waals surface area contributed by atoms with Crippen LogP contribution in [0.1, 0.15) is 0 Å². The molecule has 4 aromatic heterocycles. The third-order valence-corrected chi connectivity index (χ3v) is 14.8. The number of hydrogen-bond donors (Lipinski definition) is 0. The molecule has 4 heterocycles. The van der Waals surface area contributed by atoms with Crippen LogP contribution in [0.2, 0.25) is 0 Å². The second-order valence-electron chi connectivity index (χ2n) is 19.1. The van der Waals surface area contributed by atoms with E-state index in [-0.39, 0.29) is 0 Å². The van der Waals surface area contributed by atoms with Crippen LogP contribution in [-0.4, -0.2) is 24.1 Å². The Balaban J connectivity index is 0.956. The first-order chi connectivity index (χ1) is 37.2. The van der Waals surface area contributed by atoms with Gasteiger partial charge in [-0.25, -0.2) is 15.0 Å². The normalized spacial score (nSPS) is 11.7. The molecule has 11 aromatic carbocycles. The minimum Gasteiger partial charge on any atom is -0.452 e. The predicted molar refractivity (Wildman–Crippen MR) is 308 cm³/mol. The van der Waals surface area contributed by atoms with Gasteiger partial charge in [0.1, 0.15) is 0 Å². The van der Waals surface area contributed by atoms with E-state index in [4.69, 9.17) is 19.4 Å². The van der Waals surface area contributed by atoms with Crippen LogP contribution in [0.25, 0.3) is 144 Å². The van der Waals surface area contributed by atoms with Crippen molar-refractivity contribution in [3.8, 4) is 78.9 Å². The topological polar surface area (TPSA) is 61.7 Å². The summed E-state index contributed by atoms with van der Waals surface area (Å²) >= 11 is 0. The van der Waals surface area contributed by atoms with E-state index in [9.17, 15) is 0 Å². The maximum absolute atomic E-state index is 7.48. The van der Waals surface area contributed by atoms with Crippen molar-refractivity contribution < 1.29 is 4.42 Å². The number of hydrogen-bond acceptors (Lipinski definition) is 4. The fourth-order valence-corrected chi connectivity index (χ4v) is 11.3. The Morgan fingerprint density at radius 3 is 1.23 bits per heavy atom. The Kier molecular flexibility index (Phi) is 9.78. The number of nitrogens with zero attached hydrogens (tertiary/aromatic N) is 5. The summed E-state index contributed by atoms with van der Waals surface area (Å²) in [6.45, 7) is 0. The summed E-state index contributed by atoms with van der Waals surface area (Å²) in [6.07, 6.45) is 0. The lowest BCUT2D eigenvalue weighted by atomic mass is 10.0. The largest absolute Gasteiger partial charge is 0.452 e. The highest BCUT2D eigenvalue weighted by molar-refractivity contribution is 6.26. The Hall–Kier alpha value is -10.2. The quantitative estimate of drug-likeness (QED) is 0.152. The molecule has 0 saturated carbocycles. The minimum atomic E-state index is 0.566. The molecule has 0 atom stereocenters. The lowest BCUT2D eigenvalue weighted by Crippen LogP contribution is -2.03. The van der Waals surface area contributed by atoms with Crippen LogP contribution < -0.4 is 0 Å². The molecule has 6 nitrogen and oxygen atoms in total. The molecule has 0 bridgehead atoms. The molecule has 350 valence electrons. The van der Waals surface area contributed by atoms with Crippen molar-refractivity contribution in [2.75, 3.05) is 0 Å². The van der Waals surface area contributed by atoms with Crippen molar-refractivity contribution in [3.05, 3.63) is 261 Å². The third-order valence-electron chi connectivity index (χ3n) is 14.8. The maximum Gasteiger partial charge on any atom is 0.166 e. The summed E-state index contributed by atoms with van der Waals surface area (Å²) in [6, 6.07) is 92.0. The first-order valence-corrected chi connectivity index (χ1v) is 25.3. The Bertz CT molecular complexity index is 4570. The second kappa shape index (κ2) is 17.3. The van der Waals surface area contributed by atoms with E-state index >= 15 is 0 Å². The van der Waals surface area contributed by atoms with E-state index in [0.29, 0.717) is 17.5 Å². The zero-order valence-corrected chi connectivity index (χ0v) is 40.5. The average Bonchev–Trinajstić information content (AvgIpc) is 4.26. The standard InChI is InChI=1S/C69H43N5O/c1-4-17-44(18-5-1)47-31-35-49(36-32-47)67-70-68(50-37-33-48(34-38-50)45-19-6-2-7-20-45)72-69(71-67)59-27-12-15-30-62(59)74-61-29-14-11-26-54(61)56-40-42-58-57-41-39-55-53-25-10-13-28-60(53)73(63(55)65(57)75-66(58)64(56)74)52-24-16-23-51(43-52)46-21-8-3-9-22-46/h1-43H.